The molecule has 0 aliphatic rings. The zero-order valence-electron chi connectivity index (χ0n) is 8.52. The molecule has 0 radical (unpaired) electrons. The normalized spacial score (nSPS) is 11.4. The molecule has 0 fully saturated rings. The van der Waals surface area contributed by atoms with Crippen LogP contribution in [0.1, 0.15) is 20.8 Å². The molecule has 0 bridgehead atoms. The van der Waals surface area contributed by atoms with Crippen molar-refractivity contribution in [3.05, 3.63) is 6.20 Å². The average Bonchev–Trinajstić information content (AvgIpc) is 2.30. The summed E-state index contributed by atoms with van der Waals surface area (Å²) in [5.41, 5.74) is 4.85. The van der Waals surface area contributed by atoms with E-state index < -0.39 is 5.60 Å². The molecule has 0 aromatic carbocycles. The standard InChI is InChI=1S/C8H14N4O2/c1-8(2,3)14-7(13)5-12-4-6(9)10-11-12/h4H,5,9H2,1-3H3. The zero-order chi connectivity index (χ0) is 10.8. The van der Waals surface area contributed by atoms with Crippen LogP contribution in [0, 0.1) is 0 Å². The largest absolute Gasteiger partial charge is 0.459 e. The molecule has 0 saturated heterocycles. The summed E-state index contributed by atoms with van der Waals surface area (Å²) in [5.74, 6) is -0.0732. The molecule has 0 unspecified atom stereocenters. The van der Waals surface area contributed by atoms with Crippen molar-refractivity contribution in [2.45, 2.75) is 32.9 Å². The average molecular weight is 198 g/mol. The highest BCUT2D eigenvalue weighted by Crippen LogP contribution is 2.07. The smallest absolute Gasteiger partial charge is 0.328 e. The van der Waals surface area contributed by atoms with Crippen molar-refractivity contribution in [2.24, 2.45) is 0 Å². The molecule has 0 aliphatic heterocycles. The van der Waals surface area contributed by atoms with E-state index >= 15 is 0 Å². The molecule has 0 amide bonds. The summed E-state index contributed by atoms with van der Waals surface area (Å²) in [6.45, 7) is 5.45. The number of nitrogen functional groups attached to an aromatic ring is 1. The van der Waals surface area contributed by atoms with E-state index in [9.17, 15) is 4.79 Å². The van der Waals surface area contributed by atoms with Gasteiger partial charge in [0.05, 0.1) is 6.20 Å². The fourth-order valence-corrected chi connectivity index (χ4v) is 0.897. The molecule has 1 aromatic rings. The van der Waals surface area contributed by atoms with Crippen LogP contribution in [-0.2, 0) is 16.1 Å². The first-order valence-corrected chi connectivity index (χ1v) is 4.24. The molecule has 2 N–H and O–H groups in total. The number of carbonyl (C=O) groups excluding carboxylic acids is 1. The molecule has 78 valence electrons. The fourth-order valence-electron chi connectivity index (χ4n) is 0.897. The molecule has 1 rings (SSSR count). The Morgan fingerprint density at radius 3 is 2.71 bits per heavy atom. The number of aromatic nitrogens is 3. The highest BCUT2D eigenvalue weighted by molar-refractivity contribution is 5.69. The van der Waals surface area contributed by atoms with E-state index in [1.807, 2.05) is 0 Å². The molecule has 0 saturated carbocycles. The van der Waals surface area contributed by atoms with Gasteiger partial charge in [-0.05, 0) is 20.8 Å². The van der Waals surface area contributed by atoms with E-state index in [0.717, 1.165) is 0 Å². The van der Waals surface area contributed by atoms with Crippen molar-refractivity contribution in [3.63, 3.8) is 0 Å². The van der Waals surface area contributed by atoms with Gasteiger partial charge in [0.25, 0.3) is 0 Å². The van der Waals surface area contributed by atoms with Gasteiger partial charge in [-0.3, -0.25) is 4.79 Å². The Kier molecular flexibility index (Phi) is 2.73. The van der Waals surface area contributed by atoms with Crippen LogP contribution in [0.2, 0.25) is 0 Å². The second-order valence-electron chi connectivity index (χ2n) is 3.93. The van der Waals surface area contributed by atoms with Crippen LogP contribution in [-0.4, -0.2) is 26.6 Å². The molecule has 6 heteroatoms. The number of hydrogen-bond donors (Lipinski definition) is 1. The lowest BCUT2D eigenvalue weighted by Gasteiger charge is -2.19. The number of esters is 1. The van der Waals surface area contributed by atoms with Crippen molar-refractivity contribution in [2.75, 3.05) is 5.73 Å². The second-order valence-corrected chi connectivity index (χ2v) is 3.93. The third kappa shape index (κ3) is 3.42. The molecule has 0 atom stereocenters. The van der Waals surface area contributed by atoms with E-state index in [2.05, 4.69) is 10.3 Å². The van der Waals surface area contributed by atoms with Gasteiger partial charge < -0.3 is 10.5 Å². The first-order valence-electron chi connectivity index (χ1n) is 4.24. The van der Waals surface area contributed by atoms with E-state index in [1.165, 1.54) is 10.9 Å². The minimum atomic E-state index is -0.483. The number of anilines is 1. The summed E-state index contributed by atoms with van der Waals surface area (Å²) in [5, 5.41) is 7.18. The van der Waals surface area contributed by atoms with Crippen LogP contribution in [0.5, 0.6) is 0 Å². The number of carbonyl (C=O) groups is 1. The molecule has 1 heterocycles. The SMILES string of the molecule is CC(C)(C)OC(=O)Cn1cc(N)nn1. The first kappa shape index (κ1) is 10.5. The maximum Gasteiger partial charge on any atom is 0.328 e. The van der Waals surface area contributed by atoms with E-state index in [0.29, 0.717) is 0 Å². The number of ether oxygens (including phenoxy) is 1. The van der Waals surface area contributed by atoms with Crippen molar-refractivity contribution in [3.8, 4) is 0 Å². The fraction of sp³-hybridized carbons (Fsp3) is 0.625. The lowest BCUT2D eigenvalue weighted by Crippen LogP contribution is -2.26. The Morgan fingerprint density at radius 1 is 1.64 bits per heavy atom. The lowest BCUT2D eigenvalue weighted by molar-refractivity contribution is -0.155. The summed E-state index contributed by atoms with van der Waals surface area (Å²) >= 11 is 0. The van der Waals surface area contributed by atoms with Crippen LogP contribution in [0.3, 0.4) is 0 Å². The molecule has 6 nitrogen and oxygen atoms in total. The van der Waals surface area contributed by atoms with Crippen LogP contribution < -0.4 is 5.73 Å². The monoisotopic (exact) mass is 198 g/mol. The predicted octanol–water partition coefficient (Wildman–Crippen LogP) is 0.202. The highest BCUT2D eigenvalue weighted by atomic mass is 16.6. The maximum absolute atomic E-state index is 11.3. The van der Waals surface area contributed by atoms with E-state index in [-0.39, 0.29) is 18.3 Å². The number of nitrogens with two attached hydrogens (primary N) is 1. The second kappa shape index (κ2) is 3.65. The van der Waals surface area contributed by atoms with Gasteiger partial charge in [0.1, 0.15) is 12.1 Å². The Bertz CT molecular complexity index is 326. The quantitative estimate of drug-likeness (QED) is 0.686. The van der Waals surface area contributed by atoms with Gasteiger partial charge in [0.15, 0.2) is 5.82 Å². The number of nitrogens with zero attached hydrogens (tertiary/aromatic N) is 3. The number of rotatable bonds is 2. The highest BCUT2D eigenvalue weighted by Gasteiger charge is 2.16. The van der Waals surface area contributed by atoms with Gasteiger partial charge in [0.2, 0.25) is 0 Å². The van der Waals surface area contributed by atoms with Crippen LogP contribution in [0.15, 0.2) is 6.20 Å². The summed E-state index contributed by atoms with van der Waals surface area (Å²) in [6.07, 6.45) is 1.48. The predicted molar refractivity (Wildman–Crippen MR) is 50.3 cm³/mol. The number of hydrogen-bond acceptors (Lipinski definition) is 5. The summed E-state index contributed by atoms with van der Waals surface area (Å²) < 4.78 is 6.42. The van der Waals surface area contributed by atoms with Crippen LogP contribution >= 0.6 is 0 Å². The van der Waals surface area contributed by atoms with Crippen molar-refractivity contribution in [1.82, 2.24) is 15.0 Å². The third-order valence-electron chi connectivity index (χ3n) is 1.27. The summed E-state index contributed by atoms with van der Waals surface area (Å²) in [4.78, 5) is 11.3. The van der Waals surface area contributed by atoms with Gasteiger partial charge in [-0.2, -0.15) is 0 Å². The molecule has 0 aliphatic carbocycles. The maximum atomic E-state index is 11.3. The van der Waals surface area contributed by atoms with Gasteiger partial charge in [-0.1, -0.05) is 5.21 Å². The van der Waals surface area contributed by atoms with Gasteiger partial charge in [-0.25, -0.2) is 4.68 Å². The minimum Gasteiger partial charge on any atom is -0.459 e. The molecular formula is C8H14N4O2. The summed E-state index contributed by atoms with van der Waals surface area (Å²) in [6, 6.07) is 0. The van der Waals surface area contributed by atoms with Crippen LogP contribution in [0.4, 0.5) is 5.82 Å². The molecule has 0 spiro atoms. The molecule has 14 heavy (non-hydrogen) atoms. The molecule has 1 aromatic heterocycles. The van der Waals surface area contributed by atoms with Crippen molar-refractivity contribution in [1.29, 1.82) is 0 Å². The Morgan fingerprint density at radius 2 is 2.29 bits per heavy atom. The minimum absolute atomic E-state index is 0.0292. The van der Waals surface area contributed by atoms with Crippen LogP contribution in [0.25, 0.3) is 0 Å². The van der Waals surface area contributed by atoms with Gasteiger partial charge in [0, 0.05) is 0 Å². The molecular weight excluding hydrogens is 184 g/mol. The Balaban J connectivity index is 2.50. The third-order valence-corrected chi connectivity index (χ3v) is 1.27. The van der Waals surface area contributed by atoms with Gasteiger partial charge in [-0.15, -0.1) is 5.10 Å². The topological polar surface area (TPSA) is 83.0 Å². The van der Waals surface area contributed by atoms with Gasteiger partial charge >= 0.3 is 5.97 Å². The van der Waals surface area contributed by atoms with Crippen molar-refractivity contribution >= 4 is 11.8 Å². The summed E-state index contributed by atoms with van der Waals surface area (Å²) in [7, 11) is 0. The van der Waals surface area contributed by atoms with E-state index in [1.54, 1.807) is 20.8 Å². The van der Waals surface area contributed by atoms with E-state index in [4.69, 9.17) is 10.5 Å². The lowest BCUT2D eigenvalue weighted by atomic mass is 10.2. The zero-order valence-corrected chi connectivity index (χ0v) is 8.52. The first-order chi connectivity index (χ1) is 6.37. The Hall–Kier alpha value is -1.59. The Labute approximate surface area is 82.0 Å². The van der Waals surface area contributed by atoms with Crippen molar-refractivity contribution < 1.29 is 9.53 Å².